The molecule has 18 heavy (non-hydrogen) atoms. The second-order valence-corrected chi connectivity index (χ2v) is 4.54. The number of carboxylic acid groups (broad SMARTS) is 1. The Balaban J connectivity index is 2.06. The third-order valence-corrected chi connectivity index (χ3v) is 2.95. The molecule has 2 aromatic rings. The van der Waals surface area contributed by atoms with E-state index in [1.165, 1.54) is 0 Å². The van der Waals surface area contributed by atoms with Crippen LogP contribution in [0.3, 0.4) is 0 Å². The molecule has 0 saturated carbocycles. The van der Waals surface area contributed by atoms with E-state index in [0.29, 0.717) is 16.8 Å². The molecule has 0 amide bonds. The molecule has 0 fully saturated rings. The number of hydrogen-bond donors (Lipinski definition) is 2. The van der Waals surface area contributed by atoms with Gasteiger partial charge in [0.1, 0.15) is 6.33 Å². The van der Waals surface area contributed by atoms with Crippen molar-refractivity contribution in [2.45, 2.75) is 6.54 Å². The Labute approximate surface area is 112 Å². The highest BCUT2D eigenvalue weighted by Crippen LogP contribution is 2.21. The Morgan fingerprint density at radius 2 is 2.33 bits per heavy atom. The number of nitrogens with zero attached hydrogens (tertiary/aromatic N) is 3. The van der Waals surface area contributed by atoms with Gasteiger partial charge in [-0.3, -0.25) is 4.68 Å². The number of anilines is 1. The number of aryl methyl sites for hydroxylation is 1. The van der Waals surface area contributed by atoms with E-state index in [0.717, 1.165) is 5.69 Å². The Morgan fingerprint density at radius 1 is 1.56 bits per heavy atom. The summed E-state index contributed by atoms with van der Waals surface area (Å²) in [6, 6.07) is 4.96. The molecule has 0 atom stereocenters. The Hall–Kier alpha value is -1.89. The van der Waals surface area contributed by atoms with Crippen molar-refractivity contribution in [1.29, 1.82) is 0 Å². The van der Waals surface area contributed by atoms with Crippen LogP contribution in [0, 0.1) is 0 Å². The zero-order chi connectivity index (χ0) is 13.1. The SMILES string of the molecule is Cn1cnc(CNc2ccc(C(=O)O)c(Br)c2)n1. The number of halogens is 1. The Kier molecular flexibility index (Phi) is 3.61. The van der Waals surface area contributed by atoms with E-state index < -0.39 is 5.97 Å². The van der Waals surface area contributed by atoms with Crippen molar-refractivity contribution in [2.75, 3.05) is 5.32 Å². The topological polar surface area (TPSA) is 80.0 Å². The van der Waals surface area contributed by atoms with Crippen molar-refractivity contribution in [1.82, 2.24) is 14.8 Å². The molecule has 1 heterocycles. The minimum atomic E-state index is -0.959. The van der Waals surface area contributed by atoms with Crippen LogP contribution in [0.2, 0.25) is 0 Å². The van der Waals surface area contributed by atoms with Crippen LogP contribution in [0.5, 0.6) is 0 Å². The summed E-state index contributed by atoms with van der Waals surface area (Å²) in [7, 11) is 1.80. The first-order chi connectivity index (χ1) is 8.56. The van der Waals surface area contributed by atoms with E-state index in [4.69, 9.17) is 5.11 Å². The molecule has 1 aromatic carbocycles. The summed E-state index contributed by atoms with van der Waals surface area (Å²) in [6.07, 6.45) is 1.63. The van der Waals surface area contributed by atoms with E-state index in [9.17, 15) is 4.79 Å². The summed E-state index contributed by atoms with van der Waals surface area (Å²) in [5.74, 6) is -0.282. The minimum absolute atomic E-state index is 0.233. The number of carbonyl (C=O) groups is 1. The second kappa shape index (κ2) is 5.18. The van der Waals surface area contributed by atoms with Gasteiger partial charge in [0.2, 0.25) is 0 Å². The third kappa shape index (κ3) is 2.86. The van der Waals surface area contributed by atoms with Gasteiger partial charge in [0.15, 0.2) is 5.82 Å². The van der Waals surface area contributed by atoms with Crippen molar-refractivity contribution in [3.05, 3.63) is 40.4 Å². The lowest BCUT2D eigenvalue weighted by molar-refractivity contribution is 0.0696. The number of nitrogens with one attached hydrogen (secondary N) is 1. The number of aromatic carboxylic acids is 1. The van der Waals surface area contributed by atoms with Crippen LogP contribution in [0.1, 0.15) is 16.2 Å². The molecule has 0 aliphatic heterocycles. The van der Waals surface area contributed by atoms with Gasteiger partial charge < -0.3 is 10.4 Å². The van der Waals surface area contributed by atoms with E-state index >= 15 is 0 Å². The number of aromatic nitrogens is 3. The zero-order valence-electron chi connectivity index (χ0n) is 9.59. The Morgan fingerprint density at radius 3 is 2.89 bits per heavy atom. The maximum absolute atomic E-state index is 10.8. The largest absolute Gasteiger partial charge is 0.478 e. The lowest BCUT2D eigenvalue weighted by atomic mass is 10.2. The molecule has 94 valence electrons. The van der Waals surface area contributed by atoms with Crippen molar-refractivity contribution in [2.24, 2.45) is 7.05 Å². The highest BCUT2D eigenvalue weighted by Gasteiger charge is 2.08. The number of rotatable bonds is 4. The molecule has 0 aliphatic rings. The van der Waals surface area contributed by atoms with Crippen molar-refractivity contribution >= 4 is 27.6 Å². The molecule has 0 aliphatic carbocycles. The highest BCUT2D eigenvalue weighted by molar-refractivity contribution is 9.10. The van der Waals surface area contributed by atoms with Crippen LogP contribution in [0.25, 0.3) is 0 Å². The van der Waals surface area contributed by atoms with Gasteiger partial charge in [-0.1, -0.05) is 0 Å². The van der Waals surface area contributed by atoms with Crippen molar-refractivity contribution in [3.8, 4) is 0 Å². The summed E-state index contributed by atoms with van der Waals surface area (Å²) in [4.78, 5) is 14.9. The van der Waals surface area contributed by atoms with Gasteiger partial charge in [-0.05, 0) is 34.1 Å². The first-order valence-corrected chi connectivity index (χ1v) is 5.97. The number of hydrogen-bond acceptors (Lipinski definition) is 4. The highest BCUT2D eigenvalue weighted by atomic mass is 79.9. The van der Waals surface area contributed by atoms with Crippen LogP contribution in [-0.2, 0) is 13.6 Å². The average Bonchev–Trinajstić information content (AvgIpc) is 2.72. The fraction of sp³-hybridized carbons (Fsp3) is 0.182. The molecule has 2 N–H and O–H groups in total. The monoisotopic (exact) mass is 310 g/mol. The quantitative estimate of drug-likeness (QED) is 0.901. The fourth-order valence-electron chi connectivity index (χ4n) is 1.44. The smallest absolute Gasteiger partial charge is 0.336 e. The molecule has 2 rings (SSSR count). The molecule has 7 heteroatoms. The molecule has 1 aromatic heterocycles. The van der Waals surface area contributed by atoms with Gasteiger partial charge in [0.25, 0.3) is 0 Å². The van der Waals surface area contributed by atoms with E-state index in [1.807, 2.05) is 0 Å². The summed E-state index contributed by atoms with van der Waals surface area (Å²) in [6.45, 7) is 0.486. The summed E-state index contributed by atoms with van der Waals surface area (Å²) < 4.78 is 2.16. The first kappa shape index (κ1) is 12.6. The zero-order valence-corrected chi connectivity index (χ0v) is 11.2. The van der Waals surface area contributed by atoms with Crippen LogP contribution in [-0.4, -0.2) is 25.8 Å². The maximum Gasteiger partial charge on any atom is 0.336 e. The number of benzene rings is 1. The van der Waals surface area contributed by atoms with Crippen LogP contribution in [0.4, 0.5) is 5.69 Å². The summed E-state index contributed by atoms with van der Waals surface area (Å²) >= 11 is 3.22. The lowest BCUT2D eigenvalue weighted by Crippen LogP contribution is -2.03. The van der Waals surface area contributed by atoms with Crippen molar-refractivity contribution < 1.29 is 9.90 Å². The third-order valence-electron chi connectivity index (χ3n) is 2.30. The van der Waals surface area contributed by atoms with Gasteiger partial charge in [0.05, 0.1) is 12.1 Å². The molecule has 6 nitrogen and oxygen atoms in total. The summed E-state index contributed by atoms with van der Waals surface area (Å²) in [5.41, 5.74) is 1.04. The van der Waals surface area contributed by atoms with Gasteiger partial charge in [0, 0.05) is 17.2 Å². The van der Waals surface area contributed by atoms with Crippen LogP contribution < -0.4 is 5.32 Å². The molecule has 0 radical (unpaired) electrons. The maximum atomic E-state index is 10.8. The van der Waals surface area contributed by atoms with E-state index in [-0.39, 0.29) is 5.56 Å². The predicted molar refractivity (Wildman–Crippen MR) is 69.4 cm³/mol. The van der Waals surface area contributed by atoms with Gasteiger partial charge in [-0.15, -0.1) is 0 Å². The molecule has 0 bridgehead atoms. The first-order valence-electron chi connectivity index (χ1n) is 5.17. The van der Waals surface area contributed by atoms with Crippen LogP contribution >= 0.6 is 15.9 Å². The van der Waals surface area contributed by atoms with E-state index in [2.05, 4.69) is 31.3 Å². The normalized spacial score (nSPS) is 10.3. The van der Waals surface area contributed by atoms with Gasteiger partial charge >= 0.3 is 5.97 Å². The lowest BCUT2D eigenvalue weighted by Gasteiger charge is -2.06. The molecular weight excluding hydrogens is 300 g/mol. The average molecular weight is 311 g/mol. The van der Waals surface area contributed by atoms with Gasteiger partial charge in [-0.2, -0.15) is 5.10 Å². The minimum Gasteiger partial charge on any atom is -0.478 e. The van der Waals surface area contributed by atoms with Gasteiger partial charge in [-0.25, -0.2) is 9.78 Å². The molecule has 0 saturated heterocycles. The van der Waals surface area contributed by atoms with Crippen LogP contribution in [0.15, 0.2) is 29.0 Å². The fourth-order valence-corrected chi connectivity index (χ4v) is 1.99. The molecule has 0 unspecified atom stereocenters. The Bertz CT molecular complexity index is 582. The standard InChI is InChI=1S/C11H11BrN4O2/c1-16-6-14-10(15-16)5-13-7-2-3-8(11(17)18)9(12)4-7/h2-4,6,13H,5H2,1H3,(H,17,18). The van der Waals surface area contributed by atoms with E-state index in [1.54, 1.807) is 36.3 Å². The molecular formula is C11H11BrN4O2. The summed E-state index contributed by atoms with van der Waals surface area (Å²) in [5, 5.41) is 16.1. The molecule has 0 spiro atoms. The predicted octanol–water partition coefficient (Wildman–Crippen LogP) is 1.89. The van der Waals surface area contributed by atoms with Crippen molar-refractivity contribution in [3.63, 3.8) is 0 Å². The second-order valence-electron chi connectivity index (χ2n) is 3.69. The number of carboxylic acids is 1.